The summed E-state index contributed by atoms with van der Waals surface area (Å²) in [5.41, 5.74) is 7.08. The van der Waals surface area contributed by atoms with Gasteiger partial charge in [-0.2, -0.15) is 5.26 Å². The zero-order valence-electron chi connectivity index (χ0n) is 15.9. The number of hydrogen-bond acceptors (Lipinski definition) is 8. The Morgan fingerprint density at radius 1 is 1.43 bits per heavy atom. The van der Waals surface area contributed by atoms with E-state index in [1.54, 1.807) is 25.1 Å². The molecule has 0 fully saturated rings. The summed E-state index contributed by atoms with van der Waals surface area (Å²) in [5, 5.41) is 10.5. The number of pyridine rings is 1. The Labute approximate surface area is 176 Å². The number of benzene rings is 1. The number of carbonyl (C=O) groups excluding carboxylic acids is 1. The Kier molecular flexibility index (Phi) is 4.98. The van der Waals surface area contributed by atoms with Crippen LogP contribution in [0.4, 0.5) is 0 Å². The van der Waals surface area contributed by atoms with Crippen molar-refractivity contribution in [3.8, 4) is 17.6 Å². The minimum atomic E-state index is -0.907. The zero-order valence-corrected chi connectivity index (χ0v) is 16.7. The predicted octanol–water partition coefficient (Wildman–Crippen LogP) is 3.43. The molecule has 1 atom stereocenters. The van der Waals surface area contributed by atoms with E-state index in [9.17, 15) is 10.1 Å². The second-order valence-electron chi connectivity index (χ2n) is 6.55. The summed E-state index contributed by atoms with van der Waals surface area (Å²) in [6.07, 6.45) is 1.44. The van der Waals surface area contributed by atoms with Crippen molar-refractivity contribution in [2.75, 3.05) is 13.4 Å². The summed E-state index contributed by atoms with van der Waals surface area (Å²) < 4.78 is 21.4. The topological polar surface area (TPSA) is 117 Å². The van der Waals surface area contributed by atoms with E-state index in [1.165, 1.54) is 6.08 Å². The van der Waals surface area contributed by atoms with Gasteiger partial charge in [-0.3, -0.25) is 0 Å². The minimum absolute atomic E-state index is 0.00338. The number of halogens is 1. The predicted molar refractivity (Wildman–Crippen MR) is 107 cm³/mol. The van der Waals surface area contributed by atoms with Gasteiger partial charge in [-0.15, -0.1) is 0 Å². The molecule has 2 aliphatic heterocycles. The summed E-state index contributed by atoms with van der Waals surface area (Å²) in [5.74, 6) is -0.335. The van der Waals surface area contributed by atoms with Gasteiger partial charge in [0, 0.05) is 17.0 Å². The normalized spacial score (nSPS) is 17.6. The Balaban J connectivity index is 1.90. The van der Waals surface area contributed by atoms with Gasteiger partial charge in [0.25, 0.3) is 0 Å². The van der Waals surface area contributed by atoms with Gasteiger partial charge in [0.15, 0.2) is 11.5 Å². The van der Waals surface area contributed by atoms with Crippen LogP contribution < -0.4 is 15.2 Å². The molecule has 1 aromatic carbocycles. The van der Waals surface area contributed by atoms with Gasteiger partial charge in [0.2, 0.25) is 12.7 Å². The highest BCUT2D eigenvalue weighted by Crippen LogP contribution is 2.44. The average Bonchev–Trinajstić information content (AvgIpc) is 3.16. The maximum absolute atomic E-state index is 12.8. The Morgan fingerprint density at radius 3 is 2.87 bits per heavy atom. The third-order valence-corrected chi connectivity index (χ3v) is 5.06. The van der Waals surface area contributed by atoms with Crippen molar-refractivity contribution in [1.29, 1.82) is 5.26 Å². The number of ether oxygens (including phenoxy) is 4. The van der Waals surface area contributed by atoms with Crippen LogP contribution >= 0.6 is 11.6 Å². The lowest BCUT2D eigenvalue weighted by molar-refractivity contribution is -0.138. The Morgan fingerprint density at radius 2 is 2.17 bits per heavy atom. The molecule has 9 heteroatoms. The molecule has 0 saturated carbocycles. The van der Waals surface area contributed by atoms with E-state index in [1.807, 2.05) is 6.07 Å². The number of carbonyl (C=O) groups is 1. The largest absolute Gasteiger partial charge is 0.458 e. The SMILES string of the molecule is C=CCOC(=O)C1=C(C)OC(N)=C(C#N)[C@H]1c1cc2cc3c(cc2nc1Cl)OCO3. The number of nitriles is 1. The highest BCUT2D eigenvalue weighted by molar-refractivity contribution is 6.30. The molecular formula is C21H16ClN3O5. The molecule has 0 radical (unpaired) electrons. The maximum atomic E-state index is 12.8. The molecule has 0 spiro atoms. The molecule has 2 N–H and O–H groups in total. The third-order valence-electron chi connectivity index (χ3n) is 4.76. The summed E-state index contributed by atoms with van der Waals surface area (Å²) in [6.45, 7) is 5.22. The number of esters is 1. The van der Waals surface area contributed by atoms with Crippen molar-refractivity contribution in [2.45, 2.75) is 12.8 Å². The lowest BCUT2D eigenvalue weighted by Gasteiger charge is -2.27. The number of fused-ring (bicyclic) bond motifs is 2. The molecule has 1 aromatic heterocycles. The fourth-order valence-corrected chi connectivity index (χ4v) is 3.68. The quantitative estimate of drug-likeness (QED) is 0.450. The first kappa shape index (κ1) is 19.6. The third kappa shape index (κ3) is 3.19. The Hall–Kier alpha value is -3.70. The van der Waals surface area contributed by atoms with E-state index in [2.05, 4.69) is 11.6 Å². The summed E-state index contributed by atoms with van der Waals surface area (Å²) in [6, 6.07) is 7.23. The minimum Gasteiger partial charge on any atom is -0.458 e. The molecule has 0 unspecified atom stereocenters. The number of nitrogens with zero attached hydrogens (tertiary/aromatic N) is 2. The van der Waals surface area contributed by atoms with Crippen molar-refractivity contribution in [2.24, 2.45) is 5.73 Å². The molecule has 0 amide bonds. The Bertz CT molecular complexity index is 1200. The van der Waals surface area contributed by atoms with Crippen LogP contribution in [0.3, 0.4) is 0 Å². The molecule has 0 bridgehead atoms. The summed E-state index contributed by atoms with van der Waals surface area (Å²) >= 11 is 6.49. The molecule has 152 valence electrons. The highest BCUT2D eigenvalue weighted by atomic mass is 35.5. The van der Waals surface area contributed by atoms with Crippen molar-refractivity contribution < 1.29 is 23.7 Å². The van der Waals surface area contributed by atoms with Crippen LogP contribution in [0.2, 0.25) is 5.15 Å². The maximum Gasteiger partial charge on any atom is 0.338 e. The van der Waals surface area contributed by atoms with E-state index in [-0.39, 0.29) is 41.3 Å². The van der Waals surface area contributed by atoms with E-state index >= 15 is 0 Å². The highest BCUT2D eigenvalue weighted by Gasteiger charge is 2.38. The molecule has 30 heavy (non-hydrogen) atoms. The first-order chi connectivity index (χ1) is 14.4. The molecular weight excluding hydrogens is 410 g/mol. The van der Waals surface area contributed by atoms with Gasteiger partial charge < -0.3 is 24.7 Å². The second kappa shape index (κ2) is 7.61. The van der Waals surface area contributed by atoms with Gasteiger partial charge in [0.05, 0.1) is 17.0 Å². The molecule has 3 heterocycles. The van der Waals surface area contributed by atoms with Crippen LogP contribution in [0.1, 0.15) is 18.4 Å². The van der Waals surface area contributed by atoms with Crippen LogP contribution in [0, 0.1) is 11.3 Å². The molecule has 0 aliphatic carbocycles. The van der Waals surface area contributed by atoms with Crippen molar-refractivity contribution >= 4 is 28.5 Å². The smallest absolute Gasteiger partial charge is 0.338 e. The number of rotatable bonds is 4. The van der Waals surface area contributed by atoms with E-state index in [4.69, 9.17) is 36.3 Å². The molecule has 4 rings (SSSR count). The van der Waals surface area contributed by atoms with Crippen LogP contribution in [-0.2, 0) is 14.3 Å². The van der Waals surface area contributed by atoms with Gasteiger partial charge in [-0.1, -0.05) is 24.3 Å². The number of aromatic nitrogens is 1. The van der Waals surface area contributed by atoms with E-state index in [0.29, 0.717) is 28.0 Å². The zero-order chi connectivity index (χ0) is 21.4. The number of nitrogens with two attached hydrogens (primary N) is 1. The fourth-order valence-electron chi connectivity index (χ4n) is 3.43. The lowest BCUT2D eigenvalue weighted by atomic mass is 9.83. The van der Waals surface area contributed by atoms with Gasteiger partial charge in [-0.05, 0) is 19.1 Å². The van der Waals surface area contributed by atoms with Gasteiger partial charge in [-0.25, -0.2) is 9.78 Å². The molecule has 2 aliphatic rings. The summed E-state index contributed by atoms with van der Waals surface area (Å²) in [4.78, 5) is 17.2. The number of hydrogen-bond donors (Lipinski definition) is 1. The average molecular weight is 426 g/mol. The van der Waals surface area contributed by atoms with Crippen LogP contribution in [0.25, 0.3) is 10.9 Å². The molecule has 2 aromatic rings. The fraction of sp³-hybridized carbons (Fsp3) is 0.190. The van der Waals surface area contributed by atoms with E-state index in [0.717, 1.165) is 0 Å². The second-order valence-corrected chi connectivity index (χ2v) is 6.91. The van der Waals surface area contributed by atoms with Gasteiger partial charge in [0.1, 0.15) is 29.2 Å². The standard InChI is InChI=1S/C21H16ClN3O5/c1-3-4-27-21(26)17-10(2)30-20(24)13(8-23)18(17)12-5-11-6-15-16(29-9-28-15)7-14(11)25-19(12)22/h3,5-7,18H,1,4,9,24H2,2H3/t18-/m1/s1. The first-order valence-electron chi connectivity index (χ1n) is 8.90. The van der Waals surface area contributed by atoms with E-state index < -0.39 is 11.9 Å². The van der Waals surface area contributed by atoms with Crippen molar-refractivity contribution in [1.82, 2.24) is 4.98 Å². The lowest BCUT2D eigenvalue weighted by Crippen LogP contribution is -2.26. The summed E-state index contributed by atoms with van der Waals surface area (Å²) in [7, 11) is 0. The van der Waals surface area contributed by atoms with Crippen LogP contribution in [0.5, 0.6) is 11.5 Å². The van der Waals surface area contributed by atoms with Crippen molar-refractivity contribution in [3.05, 3.63) is 64.4 Å². The number of allylic oxidation sites excluding steroid dienone is 2. The molecule has 0 saturated heterocycles. The van der Waals surface area contributed by atoms with Gasteiger partial charge >= 0.3 is 5.97 Å². The first-order valence-corrected chi connectivity index (χ1v) is 9.28. The van der Waals surface area contributed by atoms with Crippen LogP contribution in [-0.4, -0.2) is 24.4 Å². The van der Waals surface area contributed by atoms with Crippen LogP contribution in [0.15, 0.2) is 53.6 Å². The monoisotopic (exact) mass is 425 g/mol. The van der Waals surface area contributed by atoms with Crippen molar-refractivity contribution in [3.63, 3.8) is 0 Å². The molecule has 8 nitrogen and oxygen atoms in total.